The molecule has 2 aromatic carbocycles. The number of ether oxygens (including phenoxy) is 1. The summed E-state index contributed by atoms with van der Waals surface area (Å²) >= 11 is 0. The molecule has 3 aromatic rings. The van der Waals surface area contributed by atoms with E-state index in [4.69, 9.17) is 4.74 Å². The van der Waals surface area contributed by atoms with Crippen molar-refractivity contribution in [1.82, 2.24) is 9.29 Å². The second-order valence-corrected chi connectivity index (χ2v) is 10.8. The number of aromatic nitrogens is 1. The van der Waals surface area contributed by atoms with Gasteiger partial charge in [-0.25, -0.2) is 13.2 Å². The van der Waals surface area contributed by atoms with Crippen molar-refractivity contribution in [3.63, 3.8) is 0 Å². The summed E-state index contributed by atoms with van der Waals surface area (Å²) in [4.78, 5) is 28.2. The van der Waals surface area contributed by atoms with Gasteiger partial charge >= 0.3 is 5.97 Å². The maximum absolute atomic E-state index is 14.0. The average molecular weight is 483 g/mol. The van der Waals surface area contributed by atoms with Gasteiger partial charge in [-0.15, -0.1) is 0 Å². The summed E-state index contributed by atoms with van der Waals surface area (Å²) in [6, 6.07) is 11.5. The zero-order valence-electron chi connectivity index (χ0n) is 19.8. The van der Waals surface area contributed by atoms with E-state index in [9.17, 15) is 18.0 Å². The first-order valence-corrected chi connectivity index (χ1v) is 13.0. The molecule has 0 saturated heterocycles. The van der Waals surface area contributed by atoms with Crippen LogP contribution in [0.4, 0.5) is 0 Å². The number of nitrogens with zero attached hydrogens (tertiary/aromatic N) is 1. The van der Waals surface area contributed by atoms with Gasteiger partial charge in [0.25, 0.3) is 5.56 Å². The predicted octanol–water partition coefficient (Wildman–Crippen LogP) is 4.46. The minimum atomic E-state index is -4.09. The molecule has 1 N–H and O–H groups in total. The number of methoxy groups -OCH3 is 1. The minimum absolute atomic E-state index is 0.00988. The molecule has 4 rings (SSSR count). The standard InChI is InChI=1S/C26H30N2O5S/c1-17-13-14-19-15-20(25(29)27-24(19)18(17)2)16-28(21-9-5-4-6-10-21)34(31,32)23-12-8-7-11-22(23)26(30)33-3/h7-8,11-15,21H,4-6,9-10,16H2,1-3H3,(H,27,29). The fourth-order valence-electron chi connectivity index (χ4n) is 4.73. The van der Waals surface area contributed by atoms with Crippen molar-refractivity contribution < 1.29 is 17.9 Å². The Kier molecular flexibility index (Phi) is 6.91. The van der Waals surface area contributed by atoms with Crippen molar-refractivity contribution in [1.29, 1.82) is 0 Å². The van der Waals surface area contributed by atoms with Crippen LogP contribution in [0.2, 0.25) is 0 Å². The Bertz CT molecular complexity index is 1390. The van der Waals surface area contributed by atoms with Gasteiger partial charge in [0, 0.05) is 18.2 Å². The highest BCUT2D eigenvalue weighted by Crippen LogP contribution is 2.31. The first kappa shape index (κ1) is 24.2. The molecule has 0 atom stereocenters. The summed E-state index contributed by atoms with van der Waals surface area (Å²) in [5, 5.41) is 0.855. The molecule has 0 bridgehead atoms. The lowest BCUT2D eigenvalue weighted by Crippen LogP contribution is -2.42. The number of H-pyrrole nitrogens is 1. The topological polar surface area (TPSA) is 96.5 Å². The lowest BCUT2D eigenvalue weighted by atomic mass is 9.95. The van der Waals surface area contributed by atoms with Crippen molar-refractivity contribution in [2.75, 3.05) is 7.11 Å². The Hall–Kier alpha value is -2.97. The summed E-state index contributed by atoms with van der Waals surface area (Å²) in [5.41, 5.74) is 2.88. The maximum atomic E-state index is 14.0. The second kappa shape index (κ2) is 9.72. The molecule has 7 nitrogen and oxygen atoms in total. The number of aryl methyl sites for hydroxylation is 2. The molecule has 1 aliphatic rings. The Morgan fingerprint density at radius 1 is 1.09 bits per heavy atom. The number of fused-ring (bicyclic) bond motifs is 1. The van der Waals surface area contributed by atoms with Crippen LogP contribution in [0.25, 0.3) is 10.9 Å². The minimum Gasteiger partial charge on any atom is -0.465 e. The molecule has 8 heteroatoms. The van der Waals surface area contributed by atoms with Crippen molar-refractivity contribution in [2.24, 2.45) is 0 Å². The predicted molar refractivity (Wildman–Crippen MR) is 131 cm³/mol. The summed E-state index contributed by atoms with van der Waals surface area (Å²) in [7, 11) is -2.86. The number of carbonyl (C=O) groups is 1. The number of carbonyl (C=O) groups excluding carboxylic acids is 1. The molecule has 0 radical (unpaired) electrons. The first-order chi connectivity index (χ1) is 16.2. The summed E-state index contributed by atoms with van der Waals surface area (Å²) in [6.45, 7) is 3.87. The van der Waals surface area contributed by atoms with Crippen LogP contribution in [-0.2, 0) is 21.3 Å². The van der Waals surface area contributed by atoms with E-state index in [0.717, 1.165) is 41.3 Å². The molecule has 1 fully saturated rings. The molecule has 1 saturated carbocycles. The van der Waals surface area contributed by atoms with E-state index in [2.05, 4.69) is 4.98 Å². The van der Waals surface area contributed by atoms with E-state index in [1.54, 1.807) is 18.2 Å². The van der Waals surface area contributed by atoms with Gasteiger partial charge in [0.15, 0.2) is 0 Å². The molecule has 0 amide bonds. The monoisotopic (exact) mass is 482 g/mol. The smallest absolute Gasteiger partial charge is 0.339 e. The molecular formula is C26H30N2O5S. The number of hydrogen-bond donors (Lipinski definition) is 1. The maximum Gasteiger partial charge on any atom is 0.339 e. The molecular weight excluding hydrogens is 452 g/mol. The number of aromatic amines is 1. The number of nitrogens with one attached hydrogen (secondary N) is 1. The van der Waals surface area contributed by atoms with Crippen LogP contribution in [0, 0.1) is 13.8 Å². The second-order valence-electron chi connectivity index (χ2n) is 8.93. The van der Waals surface area contributed by atoms with Crippen LogP contribution in [0.1, 0.15) is 59.2 Å². The van der Waals surface area contributed by atoms with Crippen LogP contribution in [-0.4, -0.2) is 36.8 Å². The van der Waals surface area contributed by atoms with Crippen molar-refractivity contribution in [2.45, 2.75) is 63.4 Å². The molecule has 0 unspecified atom stereocenters. The molecule has 1 heterocycles. The Balaban J connectivity index is 1.82. The van der Waals surface area contributed by atoms with Gasteiger partial charge in [0.1, 0.15) is 0 Å². The largest absolute Gasteiger partial charge is 0.465 e. The number of rotatable bonds is 6. The van der Waals surface area contributed by atoms with E-state index in [-0.39, 0.29) is 28.6 Å². The van der Waals surface area contributed by atoms with Crippen LogP contribution in [0.3, 0.4) is 0 Å². The first-order valence-electron chi connectivity index (χ1n) is 11.6. The van der Waals surface area contributed by atoms with Gasteiger partial charge in [0.05, 0.1) is 23.1 Å². The van der Waals surface area contributed by atoms with E-state index in [0.29, 0.717) is 18.4 Å². The fraction of sp³-hybridized carbons (Fsp3) is 0.385. The number of benzene rings is 2. The van der Waals surface area contributed by atoms with E-state index >= 15 is 0 Å². The number of pyridine rings is 1. The number of hydrogen-bond acceptors (Lipinski definition) is 5. The zero-order valence-corrected chi connectivity index (χ0v) is 20.6. The zero-order chi connectivity index (χ0) is 24.5. The summed E-state index contributed by atoms with van der Waals surface area (Å²) in [5.74, 6) is -0.711. The third-order valence-electron chi connectivity index (χ3n) is 6.82. The highest BCUT2D eigenvalue weighted by molar-refractivity contribution is 7.89. The molecule has 180 valence electrons. The highest BCUT2D eigenvalue weighted by Gasteiger charge is 2.35. The Morgan fingerprint density at radius 2 is 1.79 bits per heavy atom. The number of sulfonamides is 1. The molecule has 34 heavy (non-hydrogen) atoms. The SMILES string of the molecule is COC(=O)c1ccccc1S(=O)(=O)N(Cc1cc2ccc(C)c(C)c2[nH]c1=O)C1CCCCC1. The lowest BCUT2D eigenvalue weighted by molar-refractivity contribution is 0.0596. The molecule has 0 spiro atoms. The van der Waals surface area contributed by atoms with Gasteiger partial charge in [-0.05, 0) is 61.4 Å². The molecule has 1 aromatic heterocycles. The Morgan fingerprint density at radius 3 is 2.50 bits per heavy atom. The van der Waals surface area contributed by atoms with Crippen molar-refractivity contribution in [3.8, 4) is 0 Å². The molecule has 0 aliphatic heterocycles. The van der Waals surface area contributed by atoms with Crippen molar-refractivity contribution >= 4 is 26.9 Å². The molecule has 1 aliphatic carbocycles. The summed E-state index contributed by atoms with van der Waals surface area (Å²) < 4.78 is 34.1. The fourth-order valence-corrected chi connectivity index (χ4v) is 6.58. The Labute approximate surface area is 199 Å². The van der Waals surface area contributed by atoms with Crippen molar-refractivity contribution in [3.05, 3.63) is 75.1 Å². The van der Waals surface area contributed by atoms with Gasteiger partial charge in [-0.3, -0.25) is 4.79 Å². The average Bonchev–Trinajstić information content (AvgIpc) is 2.85. The quantitative estimate of drug-likeness (QED) is 0.524. The third kappa shape index (κ3) is 4.52. The van der Waals surface area contributed by atoms with Crippen LogP contribution in [0.5, 0.6) is 0 Å². The summed E-state index contributed by atoms with van der Waals surface area (Å²) in [6.07, 6.45) is 4.31. The van der Waals surface area contributed by atoms with Gasteiger partial charge in [0.2, 0.25) is 10.0 Å². The normalized spacial score (nSPS) is 15.1. The van der Waals surface area contributed by atoms with Gasteiger partial charge < -0.3 is 9.72 Å². The van der Waals surface area contributed by atoms with Crippen LogP contribution < -0.4 is 5.56 Å². The van der Waals surface area contributed by atoms with E-state index in [1.165, 1.54) is 23.5 Å². The van der Waals surface area contributed by atoms with E-state index < -0.39 is 16.0 Å². The highest BCUT2D eigenvalue weighted by atomic mass is 32.2. The lowest BCUT2D eigenvalue weighted by Gasteiger charge is -2.33. The number of esters is 1. The third-order valence-corrected chi connectivity index (χ3v) is 8.77. The van der Waals surface area contributed by atoms with Crippen LogP contribution in [0.15, 0.2) is 52.2 Å². The van der Waals surface area contributed by atoms with Crippen LogP contribution >= 0.6 is 0 Å². The van der Waals surface area contributed by atoms with Gasteiger partial charge in [-0.1, -0.05) is 43.5 Å². The van der Waals surface area contributed by atoms with E-state index in [1.807, 2.05) is 26.0 Å². The van der Waals surface area contributed by atoms with Gasteiger partial charge in [-0.2, -0.15) is 4.31 Å².